The Hall–Kier alpha value is -1.07. The number of aryl methyl sites for hydroxylation is 2. The second kappa shape index (κ2) is 6.79. The van der Waals surface area contributed by atoms with E-state index in [-0.39, 0.29) is 0 Å². The molecule has 5 heteroatoms. The fraction of sp³-hybridized carbons (Fsp3) is 0.812. The number of hydrogen-bond acceptors (Lipinski definition) is 4. The summed E-state index contributed by atoms with van der Waals surface area (Å²) < 4.78 is 2.00. The molecule has 0 spiro atoms. The Kier molecular flexibility index (Phi) is 5.27. The van der Waals surface area contributed by atoms with Crippen LogP contribution in [0, 0.1) is 6.92 Å². The molecule has 0 aliphatic carbocycles. The second-order valence-electron chi connectivity index (χ2n) is 6.53. The van der Waals surface area contributed by atoms with E-state index in [1.54, 1.807) is 0 Å². The highest BCUT2D eigenvalue weighted by Crippen LogP contribution is 2.28. The highest BCUT2D eigenvalue weighted by molar-refractivity contribution is 5.50. The van der Waals surface area contributed by atoms with Gasteiger partial charge in [-0.1, -0.05) is 6.92 Å². The van der Waals surface area contributed by atoms with Crippen LogP contribution >= 0.6 is 0 Å². The molecule has 1 unspecified atom stereocenters. The Labute approximate surface area is 128 Å². The number of nitrogens with one attached hydrogen (secondary N) is 1. The van der Waals surface area contributed by atoms with E-state index in [2.05, 4.69) is 29.2 Å². The third-order valence-electron chi connectivity index (χ3n) is 4.40. The number of aliphatic hydroxyl groups is 1. The van der Waals surface area contributed by atoms with Gasteiger partial charge in [0.2, 0.25) is 0 Å². The van der Waals surface area contributed by atoms with Crippen molar-refractivity contribution in [2.75, 3.05) is 24.5 Å². The molecule has 0 aromatic carbocycles. The van der Waals surface area contributed by atoms with Crippen LogP contribution in [0.25, 0.3) is 0 Å². The van der Waals surface area contributed by atoms with Crippen molar-refractivity contribution in [3.8, 4) is 0 Å². The van der Waals surface area contributed by atoms with Gasteiger partial charge in [0.25, 0.3) is 0 Å². The molecule has 0 saturated carbocycles. The van der Waals surface area contributed by atoms with Crippen LogP contribution in [0.4, 0.5) is 5.82 Å². The normalized spacial score (nSPS) is 23.4. The molecule has 1 aromatic heterocycles. The number of nitrogens with zero attached hydrogens (tertiary/aromatic N) is 3. The molecule has 120 valence electrons. The molecular formula is C16H30N4O. The number of hydrogen-bond donors (Lipinski definition) is 2. The summed E-state index contributed by atoms with van der Waals surface area (Å²) in [6.07, 6.45) is 3.86. The number of rotatable bonds is 5. The second-order valence-corrected chi connectivity index (χ2v) is 6.53. The van der Waals surface area contributed by atoms with E-state index in [0.717, 1.165) is 57.6 Å². The van der Waals surface area contributed by atoms with Gasteiger partial charge < -0.3 is 15.3 Å². The Morgan fingerprint density at radius 2 is 2.10 bits per heavy atom. The summed E-state index contributed by atoms with van der Waals surface area (Å²) in [5, 5.41) is 18.4. The van der Waals surface area contributed by atoms with Crippen molar-refractivity contribution in [1.82, 2.24) is 15.1 Å². The van der Waals surface area contributed by atoms with Crippen molar-refractivity contribution < 1.29 is 5.11 Å². The first-order valence-electron chi connectivity index (χ1n) is 8.15. The maximum absolute atomic E-state index is 10.3. The average Bonchev–Trinajstić information content (AvgIpc) is 2.57. The van der Waals surface area contributed by atoms with Gasteiger partial charge in [-0.2, -0.15) is 5.10 Å². The zero-order chi connectivity index (χ0) is 15.5. The van der Waals surface area contributed by atoms with Crippen LogP contribution in [-0.2, 0) is 13.6 Å². The van der Waals surface area contributed by atoms with Crippen LogP contribution < -0.4 is 10.2 Å². The third kappa shape index (κ3) is 3.98. The molecule has 1 atom stereocenters. The summed E-state index contributed by atoms with van der Waals surface area (Å²) in [6, 6.07) is 0. The third-order valence-corrected chi connectivity index (χ3v) is 4.40. The molecule has 1 aliphatic rings. The van der Waals surface area contributed by atoms with E-state index in [1.807, 2.05) is 18.7 Å². The first kappa shape index (κ1) is 16.3. The van der Waals surface area contributed by atoms with Gasteiger partial charge in [-0.25, -0.2) is 0 Å². The molecular weight excluding hydrogens is 264 g/mol. The van der Waals surface area contributed by atoms with E-state index >= 15 is 0 Å². The lowest BCUT2D eigenvalue weighted by Crippen LogP contribution is -2.30. The van der Waals surface area contributed by atoms with E-state index in [1.165, 1.54) is 11.4 Å². The SMILES string of the molecule is CCCNCc1c(C)nn(C)c1N1CCCC(C)(O)CC1. The Morgan fingerprint density at radius 1 is 1.33 bits per heavy atom. The summed E-state index contributed by atoms with van der Waals surface area (Å²) >= 11 is 0. The monoisotopic (exact) mass is 294 g/mol. The number of aromatic nitrogens is 2. The quantitative estimate of drug-likeness (QED) is 0.815. The largest absolute Gasteiger partial charge is 0.390 e. The maximum Gasteiger partial charge on any atom is 0.131 e. The smallest absolute Gasteiger partial charge is 0.131 e. The summed E-state index contributed by atoms with van der Waals surface area (Å²) in [5.74, 6) is 1.22. The molecule has 5 nitrogen and oxygen atoms in total. The lowest BCUT2D eigenvalue weighted by Gasteiger charge is -2.25. The fourth-order valence-corrected chi connectivity index (χ4v) is 3.16. The average molecular weight is 294 g/mol. The minimum absolute atomic E-state index is 0.525. The molecule has 21 heavy (non-hydrogen) atoms. The lowest BCUT2D eigenvalue weighted by molar-refractivity contribution is 0.0481. The van der Waals surface area contributed by atoms with E-state index in [4.69, 9.17) is 0 Å². The number of anilines is 1. The van der Waals surface area contributed by atoms with E-state index in [9.17, 15) is 5.11 Å². The summed E-state index contributed by atoms with van der Waals surface area (Å²) in [5.41, 5.74) is 1.88. The first-order chi connectivity index (χ1) is 9.94. The predicted octanol–water partition coefficient (Wildman–Crippen LogP) is 1.97. The van der Waals surface area contributed by atoms with Crippen molar-refractivity contribution in [3.63, 3.8) is 0 Å². The van der Waals surface area contributed by atoms with E-state index < -0.39 is 5.60 Å². The molecule has 2 heterocycles. The van der Waals surface area contributed by atoms with Crippen molar-refractivity contribution in [3.05, 3.63) is 11.3 Å². The minimum Gasteiger partial charge on any atom is -0.390 e. The molecule has 2 rings (SSSR count). The van der Waals surface area contributed by atoms with Crippen LogP contribution in [0.3, 0.4) is 0 Å². The topological polar surface area (TPSA) is 53.3 Å². The molecule has 1 aliphatic heterocycles. The van der Waals surface area contributed by atoms with Gasteiger partial charge in [-0.05, 0) is 46.1 Å². The summed E-state index contributed by atoms with van der Waals surface area (Å²) in [6.45, 7) is 10.0. The van der Waals surface area contributed by atoms with Crippen LogP contribution in [-0.4, -0.2) is 40.1 Å². The molecule has 1 aromatic rings. The molecule has 0 amide bonds. The fourth-order valence-electron chi connectivity index (χ4n) is 3.16. The first-order valence-corrected chi connectivity index (χ1v) is 8.15. The predicted molar refractivity (Wildman–Crippen MR) is 86.6 cm³/mol. The van der Waals surface area contributed by atoms with Crippen LogP contribution in [0.5, 0.6) is 0 Å². The van der Waals surface area contributed by atoms with Gasteiger partial charge in [0, 0.05) is 32.2 Å². The Morgan fingerprint density at radius 3 is 2.81 bits per heavy atom. The zero-order valence-corrected chi connectivity index (χ0v) is 13.9. The van der Waals surface area contributed by atoms with Crippen LogP contribution in [0.2, 0.25) is 0 Å². The lowest BCUT2D eigenvalue weighted by atomic mass is 9.98. The van der Waals surface area contributed by atoms with Gasteiger partial charge in [0.05, 0.1) is 11.3 Å². The Bertz CT molecular complexity index is 467. The Balaban J connectivity index is 2.17. The van der Waals surface area contributed by atoms with Crippen molar-refractivity contribution in [2.45, 2.75) is 58.6 Å². The molecule has 0 bridgehead atoms. The van der Waals surface area contributed by atoms with Gasteiger partial charge in [-0.15, -0.1) is 0 Å². The molecule has 1 fully saturated rings. The summed E-state index contributed by atoms with van der Waals surface area (Å²) in [4.78, 5) is 2.39. The molecule has 1 saturated heterocycles. The summed E-state index contributed by atoms with van der Waals surface area (Å²) in [7, 11) is 2.02. The highest BCUT2D eigenvalue weighted by atomic mass is 16.3. The highest BCUT2D eigenvalue weighted by Gasteiger charge is 2.27. The maximum atomic E-state index is 10.3. The minimum atomic E-state index is -0.525. The van der Waals surface area contributed by atoms with Crippen LogP contribution in [0.1, 0.15) is 50.8 Å². The zero-order valence-electron chi connectivity index (χ0n) is 13.9. The van der Waals surface area contributed by atoms with Gasteiger partial charge in [0.1, 0.15) is 5.82 Å². The van der Waals surface area contributed by atoms with Crippen molar-refractivity contribution in [1.29, 1.82) is 0 Å². The van der Waals surface area contributed by atoms with E-state index in [0.29, 0.717) is 0 Å². The van der Waals surface area contributed by atoms with Crippen molar-refractivity contribution in [2.24, 2.45) is 7.05 Å². The standard InChI is InChI=1S/C16H30N4O/c1-5-9-17-12-14-13(2)18-19(4)15(14)20-10-6-7-16(3,21)8-11-20/h17,21H,5-12H2,1-4H3. The molecule has 2 N–H and O–H groups in total. The van der Waals surface area contributed by atoms with Gasteiger partial charge in [0.15, 0.2) is 0 Å². The van der Waals surface area contributed by atoms with Crippen LogP contribution in [0.15, 0.2) is 0 Å². The van der Waals surface area contributed by atoms with Gasteiger partial charge in [-0.3, -0.25) is 4.68 Å². The van der Waals surface area contributed by atoms with Gasteiger partial charge >= 0.3 is 0 Å². The molecule has 0 radical (unpaired) electrons. The van der Waals surface area contributed by atoms with Crippen molar-refractivity contribution >= 4 is 5.82 Å².